The number of hydrogen-bond acceptors (Lipinski definition) is 5. The Morgan fingerprint density at radius 3 is 2.28 bits per heavy atom. The highest BCUT2D eigenvalue weighted by Crippen LogP contribution is 2.26. The number of ether oxygens (including phenoxy) is 1. The summed E-state index contributed by atoms with van der Waals surface area (Å²) in [6.07, 6.45) is 6.46. The van der Waals surface area contributed by atoms with E-state index in [1.165, 1.54) is 5.01 Å². The summed E-state index contributed by atoms with van der Waals surface area (Å²) in [5.74, 6) is -2.11. The topological polar surface area (TPSA) is 108 Å². The third-order valence-corrected chi connectivity index (χ3v) is 6.39. The zero-order valence-electron chi connectivity index (χ0n) is 22.1. The summed E-state index contributed by atoms with van der Waals surface area (Å²) < 4.78 is 5.40. The molecule has 36 heavy (non-hydrogen) atoms. The molecular weight excluding hydrogens is 458 g/mol. The predicted molar refractivity (Wildman–Crippen MR) is 139 cm³/mol. The molecule has 2 rings (SSSR count). The average Bonchev–Trinajstić information content (AvgIpc) is 2.85. The molecule has 8 heteroatoms. The third kappa shape index (κ3) is 10.1. The molecule has 0 spiro atoms. The van der Waals surface area contributed by atoms with Gasteiger partial charge in [0, 0.05) is 26.2 Å². The fourth-order valence-corrected chi connectivity index (χ4v) is 4.51. The van der Waals surface area contributed by atoms with Gasteiger partial charge in [-0.15, -0.1) is 0 Å². The first-order valence-corrected chi connectivity index (χ1v) is 13.0. The van der Waals surface area contributed by atoms with Crippen LogP contribution in [0, 0.1) is 29.6 Å². The zero-order chi connectivity index (χ0) is 26.5. The van der Waals surface area contributed by atoms with E-state index in [0.717, 1.165) is 18.4 Å². The van der Waals surface area contributed by atoms with Gasteiger partial charge in [0.1, 0.15) is 0 Å². The van der Waals surface area contributed by atoms with E-state index in [-0.39, 0.29) is 36.0 Å². The Labute approximate surface area is 215 Å². The van der Waals surface area contributed by atoms with Crippen molar-refractivity contribution < 1.29 is 24.3 Å². The molecule has 1 aromatic carbocycles. The lowest BCUT2D eigenvalue weighted by Crippen LogP contribution is -2.52. The lowest BCUT2D eigenvalue weighted by atomic mass is 9.82. The molecule has 1 aromatic rings. The van der Waals surface area contributed by atoms with Crippen molar-refractivity contribution in [3.63, 3.8) is 0 Å². The fourth-order valence-electron chi connectivity index (χ4n) is 4.51. The standard InChI is InChI=1S/C28H43N3O5/c1-20(2)17-25(24(28(34)30-35)12-8-11-22-9-6-5-7-10-22)27(33)29-31(19-21(3)4)26(32)18-23-13-15-36-16-14-23/h5-11,20-21,23-25,35H,12-19H2,1-4H3,(H,29,33)(H,30,34)/b11-8+/t24-,25+/m0/s1. The highest BCUT2D eigenvalue weighted by Gasteiger charge is 2.35. The molecule has 200 valence electrons. The number of carbonyl (C=O) groups excluding carboxylic acids is 3. The van der Waals surface area contributed by atoms with Crippen molar-refractivity contribution in [3.05, 3.63) is 42.0 Å². The van der Waals surface area contributed by atoms with Gasteiger partial charge >= 0.3 is 0 Å². The number of hydrazine groups is 1. The number of amides is 3. The van der Waals surface area contributed by atoms with Crippen molar-refractivity contribution in [3.8, 4) is 0 Å². The van der Waals surface area contributed by atoms with E-state index in [0.29, 0.717) is 32.6 Å². The van der Waals surface area contributed by atoms with Gasteiger partial charge in [-0.3, -0.25) is 30.0 Å². The molecule has 0 bridgehead atoms. The second-order valence-electron chi connectivity index (χ2n) is 10.5. The molecule has 0 saturated carbocycles. The van der Waals surface area contributed by atoms with E-state index in [2.05, 4.69) is 5.43 Å². The minimum atomic E-state index is -0.788. The summed E-state index contributed by atoms with van der Waals surface area (Å²) >= 11 is 0. The number of nitrogens with zero attached hydrogens (tertiary/aromatic N) is 1. The van der Waals surface area contributed by atoms with Gasteiger partial charge in [0.25, 0.3) is 0 Å². The van der Waals surface area contributed by atoms with Gasteiger partial charge in [-0.1, -0.05) is 70.2 Å². The van der Waals surface area contributed by atoms with Crippen molar-refractivity contribution in [2.24, 2.45) is 29.6 Å². The molecule has 1 saturated heterocycles. The van der Waals surface area contributed by atoms with Gasteiger partial charge in [-0.25, -0.2) is 5.48 Å². The Morgan fingerprint density at radius 2 is 1.69 bits per heavy atom. The molecule has 0 aromatic heterocycles. The third-order valence-electron chi connectivity index (χ3n) is 6.39. The largest absolute Gasteiger partial charge is 0.381 e. The number of carbonyl (C=O) groups is 3. The van der Waals surface area contributed by atoms with Crippen LogP contribution in [0.3, 0.4) is 0 Å². The molecule has 8 nitrogen and oxygen atoms in total. The predicted octanol–water partition coefficient (Wildman–Crippen LogP) is 4.21. The molecule has 0 radical (unpaired) electrons. The van der Waals surface area contributed by atoms with Crippen LogP contribution in [0.4, 0.5) is 0 Å². The maximum atomic E-state index is 13.6. The molecule has 2 atom stereocenters. The van der Waals surface area contributed by atoms with Crippen molar-refractivity contribution in [2.45, 2.75) is 59.8 Å². The van der Waals surface area contributed by atoms with E-state index < -0.39 is 17.7 Å². The molecule has 1 fully saturated rings. The Morgan fingerprint density at radius 1 is 1.03 bits per heavy atom. The summed E-state index contributed by atoms with van der Waals surface area (Å²) in [5, 5.41) is 10.8. The van der Waals surface area contributed by atoms with Gasteiger partial charge in [-0.05, 0) is 49.0 Å². The van der Waals surface area contributed by atoms with Gasteiger partial charge in [0.15, 0.2) is 0 Å². The maximum absolute atomic E-state index is 13.6. The van der Waals surface area contributed by atoms with Crippen LogP contribution in [0.5, 0.6) is 0 Å². The van der Waals surface area contributed by atoms with Gasteiger partial charge in [0.2, 0.25) is 17.7 Å². The zero-order valence-corrected chi connectivity index (χ0v) is 22.1. The van der Waals surface area contributed by atoms with Crippen molar-refractivity contribution in [1.82, 2.24) is 15.9 Å². The lowest BCUT2D eigenvalue weighted by Gasteiger charge is -2.32. The minimum absolute atomic E-state index is 0.126. The SMILES string of the molecule is CC(C)C[C@@H](C(=O)NN(CC(C)C)C(=O)CC1CCOCC1)[C@H](C/C=C/c1ccccc1)C(=O)NO. The van der Waals surface area contributed by atoms with Crippen LogP contribution in [-0.2, 0) is 19.1 Å². The molecule has 0 aliphatic carbocycles. The first-order chi connectivity index (χ1) is 17.2. The lowest BCUT2D eigenvalue weighted by molar-refractivity contribution is -0.148. The molecule has 3 amide bonds. The molecule has 1 heterocycles. The second kappa shape index (κ2) is 15.4. The highest BCUT2D eigenvalue weighted by molar-refractivity contribution is 5.89. The van der Waals surface area contributed by atoms with Crippen LogP contribution in [0.25, 0.3) is 6.08 Å². The monoisotopic (exact) mass is 501 g/mol. The van der Waals surface area contributed by atoms with Crippen molar-refractivity contribution >= 4 is 23.8 Å². The van der Waals surface area contributed by atoms with Gasteiger partial charge in [0.05, 0.1) is 11.8 Å². The first kappa shape index (κ1) is 29.5. The van der Waals surface area contributed by atoms with Gasteiger partial charge < -0.3 is 4.74 Å². The summed E-state index contributed by atoms with van der Waals surface area (Å²) in [7, 11) is 0. The van der Waals surface area contributed by atoms with E-state index >= 15 is 0 Å². The Bertz CT molecular complexity index is 850. The van der Waals surface area contributed by atoms with E-state index in [1.54, 1.807) is 5.48 Å². The number of rotatable bonds is 12. The fraction of sp³-hybridized carbons (Fsp3) is 0.607. The number of hydroxylamine groups is 1. The summed E-state index contributed by atoms with van der Waals surface area (Å²) in [6.45, 7) is 9.63. The van der Waals surface area contributed by atoms with E-state index in [1.807, 2.05) is 70.2 Å². The molecule has 1 aliphatic heterocycles. The van der Waals surface area contributed by atoms with Crippen LogP contribution in [0.1, 0.15) is 65.4 Å². The van der Waals surface area contributed by atoms with E-state index in [9.17, 15) is 19.6 Å². The maximum Gasteiger partial charge on any atom is 0.247 e. The van der Waals surface area contributed by atoms with Crippen molar-refractivity contribution in [2.75, 3.05) is 19.8 Å². The minimum Gasteiger partial charge on any atom is -0.381 e. The average molecular weight is 502 g/mol. The molecular formula is C28H43N3O5. The first-order valence-electron chi connectivity index (χ1n) is 13.0. The molecule has 3 N–H and O–H groups in total. The summed E-state index contributed by atoms with van der Waals surface area (Å²) in [4.78, 5) is 39.4. The van der Waals surface area contributed by atoms with Crippen LogP contribution in [0.2, 0.25) is 0 Å². The number of allylic oxidation sites excluding steroid dienone is 1. The summed E-state index contributed by atoms with van der Waals surface area (Å²) in [6, 6.07) is 9.67. The number of hydrogen-bond donors (Lipinski definition) is 3. The number of nitrogens with one attached hydrogen (secondary N) is 2. The second-order valence-corrected chi connectivity index (χ2v) is 10.5. The van der Waals surface area contributed by atoms with Crippen LogP contribution >= 0.6 is 0 Å². The Hall–Kier alpha value is -2.71. The smallest absolute Gasteiger partial charge is 0.247 e. The summed E-state index contributed by atoms with van der Waals surface area (Å²) in [5.41, 5.74) is 5.56. The van der Waals surface area contributed by atoms with Crippen LogP contribution in [-0.4, -0.2) is 47.7 Å². The quantitative estimate of drug-likeness (QED) is 0.294. The highest BCUT2D eigenvalue weighted by atomic mass is 16.5. The van der Waals surface area contributed by atoms with Gasteiger partial charge in [-0.2, -0.15) is 0 Å². The number of benzene rings is 1. The van der Waals surface area contributed by atoms with Crippen molar-refractivity contribution in [1.29, 1.82) is 0 Å². The Kier molecular flexibility index (Phi) is 12.6. The van der Waals surface area contributed by atoms with Crippen LogP contribution < -0.4 is 10.9 Å². The normalized spacial score (nSPS) is 16.2. The molecule has 1 aliphatic rings. The Balaban J connectivity index is 2.19. The van der Waals surface area contributed by atoms with E-state index in [4.69, 9.17) is 4.74 Å². The molecule has 0 unspecified atom stereocenters. The van der Waals surface area contributed by atoms with Crippen LogP contribution in [0.15, 0.2) is 36.4 Å².